The van der Waals surface area contributed by atoms with Gasteiger partial charge >= 0.3 is 11.9 Å². The first-order valence-electron chi connectivity index (χ1n) is 20.2. The largest absolute Gasteiger partial charge is 0.462 e. The topological polar surface area (TPSA) is 61.8 Å². The van der Waals surface area contributed by atoms with Gasteiger partial charge in [0.25, 0.3) is 0 Å². The first kappa shape index (κ1) is 46.3. The van der Waals surface area contributed by atoms with Crippen LogP contribution in [0.4, 0.5) is 0 Å². The van der Waals surface area contributed by atoms with Gasteiger partial charge in [0.1, 0.15) is 6.61 Å². The third-order valence-electron chi connectivity index (χ3n) is 8.40. The zero-order valence-corrected chi connectivity index (χ0v) is 33.4. The number of hydrogen-bond acceptors (Lipinski definition) is 5. The predicted octanol–water partition coefficient (Wildman–Crippen LogP) is 13.1. The molecule has 0 saturated heterocycles. The maximum absolute atomic E-state index is 12.6. The molecular weight excluding hydrogens is 613 g/mol. The lowest BCUT2D eigenvalue weighted by Gasteiger charge is -2.23. The van der Waals surface area contributed by atoms with Crippen molar-refractivity contribution in [2.75, 3.05) is 13.2 Å². The number of allylic oxidation sites excluding steroid dienone is 6. The van der Waals surface area contributed by atoms with Crippen molar-refractivity contribution in [3.8, 4) is 0 Å². The molecule has 0 aromatic heterocycles. The van der Waals surface area contributed by atoms with Crippen LogP contribution in [0, 0.1) is 0 Å². The molecule has 0 amide bonds. The highest BCUT2D eigenvalue weighted by atomic mass is 28.4. The highest BCUT2D eigenvalue weighted by Crippen LogP contribution is 2.13. The SMILES string of the molecule is CCCCC/C=C\C/C=C\CCCCCCCC(=O)O[C@@H](COC(=O)CCCCCCC/C=C\CCCCCCCC)CO[Si](C)(C)C. The summed E-state index contributed by atoms with van der Waals surface area (Å²) in [5.41, 5.74) is 0. The van der Waals surface area contributed by atoms with Crippen LogP contribution in [-0.4, -0.2) is 39.6 Å². The van der Waals surface area contributed by atoms with Gasteiger partial charge in [0.2, 0.25) is 0 Å². The second kappa shape index (κ2) is 35.2. The van der Waals surface area contributed by atoms with Gasteiger partial charge in [0.05, 0.1) is 6.61 Å². The number of unbranched alkanes of at least 4 members (excludes halogenated alkanes) is 19. The Labute approximate surface area is 299 Å². The van der Waals surface area contributed by atoms with Crippen LogP contribution in [0.15, 0.2) is 36.5 Å². The van der Waals surface area contributed by atoms with Crippen molar-refractivity contribution in [3.63, 3.8) is 0 Å². The zero-order valence-electron chi connectivity index (χ0n) is 32.4. The predicted molar refractivity (Wildman–Crippen MR) is 209 cm³/mol. The first-order chi connectivity index (χ1) is 23.3. The summed E-state index contributed by atoms with van der Waals surface area (Å²) in [6, 6.07) is 0. The Morgan fingerprint density at radius 2 is 0.896 bits per heavy atom. The number of esters is 2. The molecule has 0 fully saturated rings. The third kappa shape index (κ3) is 37.2. The van der Waals surface area contributed by atoms with Crippen LogP contribution in [0.3, 0.4) is 0 Å². The van der Waals surface area contributed by atoms with Crippen molar-refractivity contribution >= 4 is 20.3 Å². The van der Waals surface area contributed by atoms with Crippen molar-refractivity contribution in [3.05, 3.63) is 36.5 Å². The van der Waals surface area contributed by atoms with Crippen LogP contribution >= 0.6 is 0 Å². The molecule has 0 unspecified atom stereocenters. The van der Waals surface area contributed by atoms with Gasteiger partial charge in [0.15, 0.2) is 14.4 Å². The van der Waals surface area contributed by atoms with Gasteiger partial charge in [0, 0.05) is 12.8 Å². The van der Waals surface area contributed by atoms with Gasteiger partial charge in [-0.3, -0.25) is 9.59 Å². The molecule has 1 atom stereocenters. The highest BCUT2D eigenvalue weighted by molar-refractivity contribution is 6.69. The Morgan fingerprint density at radius 1 is 0.500 bits per heavy atom. The maximum atomic E-state index is 12.6. The molecular formula is C42H78O5Si. The van der Waals surface area contributed by atoms with E-state index in [1.807, 2.05) is 0 Å². The molecule has 280 valence electrons. The molecule has 6 heteroatoms. The van der Waals surface area contributed by atoms with Crippen LogP contribution < -0.4 is 0 Å². The van der Waals surface area contributed by atoms with Gasteiger partial charge in [-0.2, -0.15) is 0 Å². The van der Waals surface area contributed by atoms with E-state index in [0.29, 0.717) is 12.8 Å². The summed E-state index contributed by atoms with van der Waals surface area (Å²) >= 11 is 0. The molecule has 0 heterocycles. The van der Waals surface area contributed by atoms with E-state index in [9.17, 15) is 9.59 Å². The summed E-state index contributed by atoms with van der Waals surface area (Å²) in [6.45, 7) is 11.2. The first-order valence-corrected chi connectivity index (χ1v) is 23.6. The Kier molecular flexibility index (Phi) is 34.0. The van der Waals surface area contributed by atoms with Crippen LogP contribution in [0.2, 0.25) is 19.6 Å². The van der Waals surface area contributed by atoms with E-state index in [1.165, 1.54) is 96.3 Å². The fourth-order valence-electron chi connectivity index (χ4n) is 5.38. The minimum absolute atomic E-state index is 0.0717. The molecule has 0 radical (unpaired) electrons. The molecule has 48 heavy (non-hydrogen) atoms. The van der Waals surface area contributed by atoms with Crippen LogP contribution in [-0.2, 0) is 23.5 Å². The number of carbonyl (C=O) groups excluding carboxylic acids is 2. The van der Waals surface area contributed by atoms with Crippen molar-refractivity contribution in [2.24, 2.45) is 0 Å². The molecule has 0 rings (SSSR count). The molecule has 0 spiro atoms. The lowest BCUT2D eigenvalue weighted by atomic mass is 10.1. The van der Waals surface area contributed by atoms with Crippen molar-refractivity contribution in [2.45, 2.75) is 207 Å². The van der Waals surface area contributed by atoms with Crippen LogP contribution in [0.1, 0.15) is 181 Å². The number of carbonyl (C=O) groups is 2. The summed E-state index contributed by atoms with van der Waals surface area (Å²) in [4.78, 5) is 24.9. The van der Waals surface area contributed by atoms with E-state index in [4.69, 9.17) is 13.9 Å². The minimum Gasteiger partial charge on any atom is -0.462 e. The fourth-order valence-corrected chi connectivity index (χ4v) is 6.07. The Balaban J connectivity index is 3.99. The summed E-state index contributed by atoms with van der Waals surface area (Å²) in [5, 5.41) is 0. The summed E-state index contributed by atoms with van der Waals surface area (Å²) in [6.07, 6.45) is 42.7. The van der Waals surface area contributed by atoms with Crippen molar-refractivity contribution < 1.29 is 23.5 Å². The fraction of sp³-hybridized carbons (Fsp3) is 0.810. The Morgan fingerprint density at radius 3 is 1.40 bits per heavy atom. The summed E-state index contributed by atoms with van der Waals surface area (Å²) in [5.74, 6) is -0.437. The van der Waals surface area contributed by atoms with E-state index in [0.717, 1.165) is 57.8 Å². The van der Waals surface area contributed by atoms with Gasteiger partial charge in [-0.05, 0) is 90.3 Å². The van der Waals surface area contributed by atoms with E-state index >= 15 is 0 Å². The molecule has 0 aliphatic heterocycles. The van der Waals surface area contributed by atoms with E-state index < -0.39 is 14.4 Å². The monoisotopic (exact) mass is 691 g/mol. The Bertz CT molecular complexity index is 813. The molecule has 0 aliphatic rings. The highest BCUT2D eigenvalue weighted by Gasteiger charge is 2.22. The molecule has 0 N–H and O–H groups in total. The standard InChI is InChI=1S/C42H78O5Si/c1-6-8-10-12-14-16-18-20-22-24-26-28-30-32-34-36-41(43)45-38-40(39-46-48(3,4)5)47-42(44)37-35-33-31-29-27-25-23-21-19-17-15-13-11-9-7-2/h15,17,20-23,40H,6-14,16,18-19,24-39H2,1-5H3/b17-15-,22-20-,23-21-/t40-/m0/s1. The smallest absolute Gasteiger partial charge is 0.306 e. The minimum atomic E-state index is -1.79. The van der Waals surface area contributed by atoms with Crippen molar-refractivity contribution in [1.82, 2.24) is 0 Å². The lowest BCUT2D eigenvalue weighted by Crippen LogP contribution is -2.35. The normalized spacial score (nSPS) is 12.9. The average molecular weight is 691 g/mol. The zero-order chi connectivity index (χ0) is 35.4. The summed E-state index contributed by atoms with van der Waals surface area (Å²) in [7, 11) is -1.79. The molecule has 0 bridgehead atoms. The third-order valence-corrected chi connectivity index (χ3v) is 9.44. The molecule has 0 aliphatic carbocycles. The lowest BCUT2D eigenvalue weighted by molar-refractivity contribution is -0.161. The number of ether oxygens (including phenoxy) is 2. The molecule has 5 nitrogen and oxygen atoms in total. The number of rotatable bonds is 35. The number of hydrogen-bond donors (Lipinski definition) is 0. The quantitative estimate of drug-likeness (QED) is 0.0287. The Hall–Kier alpha value is -1.66. The molecule has 0 aromatic rings. The van der Waals surface area contributed by atoms with E-state index in [2.05, 4.69) is 69.9 Å². The second-order valence-electron chi connectivity index (χ2n) is 14.5. The van der Waals surface area contributed by atoms with E-state index in [-0.39, 0.29) is 25.2 Å². The van der Waals surface area contributed by atoms with Gasteiger partial charge in [-0.1, -0.05) is 134 Å². The van der Waals surface area contributed by atoms with Gasteiger partial charge in [-0.15, -0.1) is 0 Å². The van der Waals surface area contributed by atoms with Crippen LogP contribution in [0.5, 0.6) is 0 Å². The van der Waals surface area contributed by atoms with Gasteiger partial charge in [-0.25, -0.2) is 0 Å². The molecule has 0 saturated carbocycles. The average Bonchev–Trinajstić information content (AvgIpc) is 3.05. The van der Waals surface area contributed by atoms with Crippen LogP contribution in [0.25, 0.3) is 0 Å². The summed E-state index contributed by atoms with van der Waals surface area (Å²) < 4.78 is 17.2. The van der Waals surface area contributed by atoms with E-state index in [1.54, 1.807) is 0 Å². The molecule has 0 aromatic carbocycles. The second-order valence-corrected chi connectivity index (χ2v) is 19.0. The van der Waals surface area contributed by atoms with Gasteiger partial charge < -0.3 is 13.9 Å². The van der Waals surface area contributed by atoms with Crippen molar-refractivity contribution in [1.29, 1.82) is 0 Å². The maximum Gasteiger partial charge on any atom is 0.306 e.